The summed E-state index contributed by atoms with van der Waals surface area (Å²) >= 11 is 1.22. The molecule has 1 atom stereocenters. The van der Waals surface area contributed by atoms with Gasteiger partial charge in [0.05, 0.1) is 35.6 Å². The summed E-state index contributed by atoms with van der Waals surface area (Å²) < 4.78 is 26.1. The largest absolute Gasteiger partial charge is 0.496 e. The number of fused-ring (bicyclic) bond motifs is 1. The van der Waals surface area contributed by atoms with E-state index in [2.05, 4.69) is 4.99 Å². The molecule has 0 fully saturated rings. The molecule has 3 aromatic rings. The number of rotatable bonds is 5. The van der Waals surface area contributed by atoms with Gasteiger partial charge in [-0.15, -0.1) is 0 Å². The van der Waals surface area contributed by atoms with Gasteiger partial charge in [-0.25, -0.2) is 14.2 Å². The van der Waals surface area contributed by atoms with Crippen molar-refractivity contribution in [2.75, 3.05) is 13.7 Å². The average Bonchev–Trinajstić information content (AvgIpc) is 3.08. The van der Waals surface area contributed by atoms with Gasteiger partial charge in [0.1, 0.15) is 11.6 Å². The predicted molar refractivity (Wildman–Crippen MR) is 120 cm³/mol. The van der Waals surface area contributed by atoms with Gasteiger partial charge >= 0.3 is 5.97 Å². The van der Waals surface area contributed by atoms with Crippen molar-refractivity contribution in [3.05, 3.63) is 96.4 Å². The number of methoxy groups -OCH3 is 1. The highest BCUT2D eigenvalue weighted by atomic mass is 32.1. The van der Waals surface area contributed by atoms with Crippen LogP contribution in [0.3, 0.4) is 0 Å². The molecular weight excluding hydrogens is 431 g/mol. The summed E-state index contributed by atoms with van der Waals surface area (Å²) in [6.45, 7) is 3.60. The van der Waals surface area contributed by atoms with E-state index >= 15 is 0 Å². The van der Waals surface area contributed by atoms with Crippen LogP contribution >= 0.6 is 11.3 Å². The first-order chi connectivity index (χ1) is 15.4. The summed E-state index contributed by atoms with van der Waals surface area (Å²) in [6, 6.07) is 12.3. The standard InChI is InChI=1S/C24H21FN2O4S/c1-4-31-23(29)20-14(2)26-24-27(21(20)15-9-11-17(25)12-10-15)22(28)19(32-24)13-16-7-5-6-8-18(16)30-3/h5-13,21H,4H2,1-3H3/b19-13+/t21-/m1/s1. The van der Waals surface area contributed by atoms with E-state index in [1.807, 2.05) is 24.3 Å². The molecular formula is C24H21FN2O4S. The van der Waals surface area contributed by atoms with Crippen molar-refractivity contribution in [1.82, 2.24) is 4.57 Å². The van der Waals surface area contributed by atoms with Gasteiger partial charge in [-0.2, -0.15) is 0 Å². The first-order valence-electron chi connectivity index (χ1n) is 10.0. The quantitative estimate of drug-likeness (QED) is 0.558. The van der Waals surface area contributed by atoms with Crippen LogP contribution in [-0.2, 0) is 9.53 Å². The van der Waals surface area contributed by atoms with Crippen LogP contribution in [0.4, 0.5) is 4.39 Å². The molecule has 0 radical (unpaired) electrons. The van der Waals surface area contributed by atoms with Crippen LogP contribution in [0.15, 0.2) is 69.6 Å². The maximum atomic E-state index is 13.6. The Balaban J connectivity index is 1.97. The smallest absolute Gasteiger partial charge is 0.338 e. The van der Waals surface area contributed by atoms with Crippen molar-refractivity contribution in [1.29, 1.82) is 0 Å². The highest BCUT2D eigenvalue weighted by molar-refractivity contribution is 7.07. The first kappa shape index (κ1) is 21.7. The van der Waals surface area contributed by atoms with Crippen molar-refractivity contribution in [2.45, 2.75) is 19.9 Å². The van der Waals surface area contributed by atoms with Crippen LogP contribution < -0.4 is 19.6 Å². The zero-order chi connectivity index (χ0) is 22.8. The molecule has 2 aromatic carbocycles. The maximum Gasteiger partial charge on any atom is 0.338 e. The minimum atomic E-state index is -0.772. The summed E-state index contributed by atoms with van der Waals surface area (Å²) in [5.41, 5.74) is 1.76. The van der Waals surface area contributed by atoms with Crippen molar-refractivity contribution in [3.63, 3.8) is 0 Å². The molecule has 6 nitrogen and oxygen atoms in total. The van der Waals surface area contributed by atoms with Crippen LogP contribution in [0.5, 0.6) is 5.75 Å². The Hall–Kier alpha value is -3.52. The number of para-hydroxylation sites is 1. The molecule has 1 aromatic heterocycles. The van der Waals surface area contributed by atoms with Gasteiger partial charge in [0.15, 0.2) is 4.80 Å². The van der Waals surface area contributed by atoms with Gasteiger partial charge < -0.3 is 9.47 Å². The number of hydrogen-bond donors (Lipinski definition) is 0. The molecule has 0 spiro atoms. The lowest BCUT2D eigenvalue weighted by Crippen LogP contribution is -2.39. The molecule has 4 rings (SSSR count). The van der Waals surface area contributed by atoms with E-state index in [1.165, 1.54) is 28.0 Å². The van der Waals surface area contributed by atoms with Crippen molar-refractivity contribution >= 4 is 23.4 Å². The summed E-state index contributed by atoms with van der Waals surface area (Å²) in [5.74, 6) is -0.324. The second kappa shape index (κ2) is 8.92. The number of benzene rings is 2. The predicted octanol–water partition coefficient (Wildman–Crippen LogP) is 2.95. The molecule has 0 saturated heterocycles. The lowest BCUT2D eigenvalue weighted by Gasteiger charge is -2.24. The van der Waals surface area contributed by atoms with Gasteiger partial charge in [-0.05, 0) is 43.7 Å². The minimum absolute atomic E-state index is 0.184. The number of thiazole rings is 1. The summed E-state index contributed by atoms with van der Waals surface area (Å²) in [4.78, 5) is 31.3. The molecule has 1 aliphatic heterocycles. The molecule has 32 heavy (non-hydrogen) atoms. The fourth-order valence-electron chi connectivity index (χ4n) is 3.68. The summed E-state index contributed by atoms with van der Waals surface area (Å²) in [5, 5.41) is 0. The van der Waals surface area contributed by atoms with E-state index in [1.54, 1.807) is 39.2 Å². The molecule has 0 amide bonds. The number of hydrogen-bond acceptors (Lipinski definition) is 6. The lowest BCUT2D eigenvalue weighted by molar-refractivity contribution is -0.139. The van der Waals surface area contributed by atoms with Crippen LogP contribution in [0.1, 0.15) is 31.0 Å². The van der Waals surface area contributed by atoms with Gasteiger partial charge in [-0.1, -0.05) is 41.7 Å². The number of esters is 1. The van der Waals surface area contributed by atoms with Crippen molar-refractivity contribution in [3.8, 4) is 5.75 Å². The molecule has 164 valence electrons. The van der Waals surface area contributed by atoms with E-state index in [0.29, 0.717) is 26.3 Å². The van der Waals surface area contributed by atoms with Gasteiger partial charge in [0, 0.05) is 5.56 Å². The number of allylic oxidation sites excluding steroid dienone is 1. The Morgan fingerprint density at radius 2 is 1.94 bits per heavy atom. The second-order valence-corrected chi connectivity index (χ2v) is 8.10. The number of carbonyl (C=O) groups excluding carboxylic acids is 1. The zero-order valence-corrected chi connectivity index (χ0v) is 18.6. The van der Waals surface area contributed by atoms with Crippen LogP contribution in [0.2, 0.25) is 0 Å². The Bertz CT molecular complexity index is 1390. The first-order valence-corrected chi connectivity index (χ1v) is 10.8. The monoisotopic (exact) mass is 452 g/mol. The molecule has 0 bridgehead atoms. The Morgan fingerprint density at radius 1 is 1.22 bits per heavy atom. The van der Waals surface area contributed by atoms with E-state index in [9.17, 15) is 14.0 Å². The fraction of sp³-hybridized carbons (Fsp3) is 0.208. The normalized spacial score (nSPS) is 15.9. The van der Waals surface area contributed by atoms with E-state index < -0.39 is 17.8 Å². The van der Waals surface area contributed by atoms with Crippen LogP contribution in [0, 0.1) is 5.82 Å². The third-order valence-corrected chi connectivity index (χ3v) is 6.11. The number of ether oxygens (including phenoxy) is 2. The van der Waals surface area contributed by atoms with Gasteiger partial charge in [0.25, 0.3) is 5.56 Å². The fourth-order valence-corrected chi connectivity index (χ4v) is 4.72. The number of nitrogens with zero attached hydrogens (tertiary/aromatic N) is 2. The SMILES string of the molecule is CCOC(=O)C1=C(C)N=c2s/c(=C/c3ccccc3OC)c(=O)n2[C@@H]1c1ccc(F)cc1. The van der Waals surface area contributed by atoms with Crippen molar-refractivity contribution in [2.24, 2.45) is 4.99 Å². The second-order valence-electron chi connectivity index (χ2n) is 7.10. The molecule has 0 aliphatic carbocycles. The van der Waals surface area contributed by atoms with Gasteiger partial charge in [-0.3, -0.25) is 9.36 Å². The van der Waals surface area contributed by atoms with Crippen molar-refractivity contribution < 1.29 is 18.7 Å². The maximum absolute atomic E-state index is 13.6. The van der Waals surface area contributed by atoms with E-state index in [-0.39, 0.29) is 17.7 Å². The highest BCUT2D eigenvalue weighted by Gasteiger charge is 2.33. The third-order valence-electron chi connectivity index (χ3n) is 5.13. The number of aromatic nitrogens is 1. The van der Waals surface area contributed by atoms with Crippen LogP contribution in [0.25, 0.3) is 6.08 Å². The van der Waals surface area contributed by atoms with E-state index in [0.717, 1.165) is 5.56 Å². The zero-order valence-electron chi connectivity index (χ0n) is 17.8. The third kappa shape index (κ3) is 3.89. The highest BCUT2D eigenvalue weighted by Crippen LogP contribution is 2.30. The number of carbonyl (C=O) groups is 1. The molecule has 0 N–H and O–H groups in total. The number of halogens is 1. The molecule has 2 heterocycles. The Labute approximate surface area is 187 Å². The van der Waals surface area contributed by atoms with Crippen LogP contribution in [-0.4, -0.2) is 24.3 Å². The van der Waals surface area contributed by atoms with E-state index in [4.69, 9.17) is 9.47 Å². The molecule has 0 saturated carbocycles. The Kier molecular flexibility index (Phi) is 6.05. The Morgan fingerprint density at radius 3 is 2.62 bits per heavy atom. The topological polar surface area (TPSA) is 69.9 Å². The average molecular weight is 453 g/mol. The minimum Gasteiger partial charge on any atom is -0.496 e. The summed E-state index contributed by atoms with van der Waals surface area (Å²) in [6.07, 6.45) is 1.74. The van der Waals surface area contributed by atoms with Gasteiger partial charge in [0.2, 0.25) is 0 Å². The lowest BCUT2D eigenvalue weighted by atomic mass is 9.96. The summed E-state index contributed by atoms with van der Waals surface area (Å²) in [7, 11) is 1.57. The molecule has 8 heteroatoms. The molecule has 1 aliphatic rings. The molecule has 0 unspecified atom stereocenters.